The van der Waals surface area contributed by atoms with Gasteiger partial charge in [-0.15, -0.1) is 0 Å². The first-order valence-electron chi connectivity index (χ1n) is 7.49. The molecular weight excluding hydrogens is 222 g/mol. The molecule has 0 heterocycles. The molecule has 0 aromatic rings. The monoisotopic (exact) mass is 249 g/mol. The van der Waals surface area contributed by atoms with Crippen LogP contribution < -0.4 is 5.32 Å². The van der Waals surface area contributed by atoms with Crippen LogP contribution in [0, 0.1) is 23.2 Å². The predicted molar refractivity (Wildman–Crippen MR) is 74.4 cm³/mol. The Bertz CT molecular complexity index is 349. The summed E-state index contributed by atoms with van der Waals surface area (Å²) in [7, 11) is 1.84. The molecule has 102 valence electrons. The van der Waals surface area contributed by atoms with Crippen LogP contribution in [0.3, 0.4) is 0 Å². The van der Waals surface area contributed by atoms with Gasteiger partial charge in [-0.25, -0.2) is 0 Å². The van der Waals surface area contributed by atoms with Gasteiger partial charge in [0, 0.05) is 24.6 Å². The number of allylic oxidation sites excluding steroid dienone is 2. The van der Waals surface area contributed by atoms with E-state index in [1.165, 1.54) is 19.3 Å². The Morgan fingerprint density at radius 1 is 1.22 bits per heavy atom. The minimum atomic E-state index is 0.288. The molecule has 6 atom stereocenters. The molecular formula is C16H27NO. The Labute approximate surface area is 111 Å². The summed E-state index contributed by atoms with van der Waals surface area (Å²) in [5.74, 6) is 2.58. The zero-order chi connectivity index (χ0) is 12.9. The number of nitrogens with one attached hydrogen (secondary N) is 1. The van der Waals surface area contributed by atoms with Crippen LogP contribution in [0.25, 0.3) is 0 Å². The van der Waals surface area contributed by atoms with E-state index < -0.39 is 0 Å². The Morgan fingerprint density at radius 3 is 2.50 bits per heavy atom. The molecule has 1 N–H and O–H groups in total. The van der Waals surface area contributed by atoms with Crippen molar-refractivity contribution in [1.29, 1.82) is 0 Å². The van der Waals surface area contributed by atoms with Gasteiger partial charge in [0.2, 0.25) is 0 Å². The van der Waals surface area contributed by atoms with Crippen molar-refractivity contribution in [3.05, 3.63) is 12.2 Å². The van der Waals surface area contributed by atoms with Crippen molar-refractivity contribution in [2.45, 2.75) is 58.2 Å². The SMILES string of the molecule is COC1CC(NC(C)C2CC3C=CC2C3)C1(C)C. The fraction of sp³-hybridized carbons (Fsp3) is 0.875. The number of hydrogen-bond donors (Lipinski definition) is 1. The van der Waals surface area contributed by atoms with Gasteiger partial charge in [0.25, 0.3) is 0 Å². The van der Waals surface area contributed by atoms with Crippen LogP contribution in [-0.2, 0) is 4.74 Å². The average molecular weight is 249 g/mol. The van der Waals surface area contributed by atoms with E-state index in [2.05, 4.69) is 38.2 Å². The third-order valence-corrected chi connectivity index (χ3v) is 5.90. The second-order valence-electron chi connectivity index (χ2n) is 7.23. The first-order chi connectivity index (χ1) is 8.52. The summed E-state index contributed by atoms with van der Waals surface area (Å²) in [4.78, 5) is 0. The van der Waals surface area contributed by atoms with Gasteiger partial charge in [-0.3, -0.25) is 0 Å². The van der Waals surface area contributed by atoms with Gasteiger partial charge in [0.05, 0.1) is 6.10 Å². The molecule has 0 radical (unpaired) electrons. The van der Waals surface area contributed by atoms with E-state index in [0.717, 1.165) is 17.8 Å². The maximum absolute atomic E-state index is 5.54. The van der Waals surface area contributed by atoms with Gasteiger partial charge in [0.15, 0.2) is 0 Å². The van der Waals surface area contributed by atoms with Crippen molar-refractivity contribution in [3.8, 4) is 0 Å². The molecule has 18 heavy (non-hydrogen) atoms. The molecule has 0 spiro atoms. The number of rotatable bonds is 4. The van der Waals surface area contributed by atoms with E-state index in [1.54, 1.807) is 0 Å². The van der Waals surface area contributed by atoms with E-state index in [9.17, 15) is 0 Å². The van der Waals surface area contributed by atoms with Gasteiger partial charge >= 0.3 is 0 Å². The van der Waals surface area contributed by atoms with E-state index >= 15 is 0 Å². The molecule has 0 amide bonds. The van der Waals surface area contributed by atoms with Gasteiger partial charge in [0.1, 0.15) is 0 Å². The molecule has 2 heteroatoms. The Morgan fingerprint density at radius 2 is 2.00 bits per heavy atom. The van der Waals surface area contributed by atoms with Crippen LogP contribution >= 0.6 is 0 Å². The van der Waals surface area contributed by atoms with Crippen molar-refractivity contribution < 1.29 is 4.74 Å². The molecule has 0 saturated heterocycles. The second-order valence-corrected chi connectivity index (χ2v) is 7.23. The van der Waals surface area contributed by atoms with Gasteiger partial charge in [-0.05, 0) is 43.9 Å². The highest BCUT2D eigenvalue weighted by atomic mass is 16.5. The first kappa shape index (κ1) is 12.7. The van der Waals surface area contributed by atoms with E-state index in [0.29, 0.717) is 18.2 Å². The average Bonchev–Trinajstić information content (AvgIpc) is 2.95. The van der Waals surface area contributed by atoms with Crippen LogP contribution in [0.2, 0.25) is 0 Å². The molecule has 2 bridgehead atoms. The zero-order valence-corrected chi connectivity index (χ0v) is 12.1. The summed E-state index contributed by atoms with van der Waals surface area (Å²) in [6, 6.07) is 1.27. The minimum absolute atomic E-state index is 0.288. The number of fused-ring (bicyclic) bond motifs is 2. The Hall–Kier alpha value is -0.340. The first-order valence-corrected chi connectivity index (χ1v) is 7.49. The molecule has 0 aliphatic heterocycles. The standard InChI is InChI=1S/C16H27NO/c1-10(13-8-11-5-6-12(13)7-11)17-14-9-15(18-4)16(14,2)3/h5-6,10-15,17H,7-9H2,1-4H3. The summed E-state index contributed by atoms with van der Waals surface area (Å²) in [5.41, 5.74) is 0.288. The van der Waals surface area contributed by atoms with Crippen molar-refractivity contribution in [2.24, 2.45) is 23.2 Å². The number of ether oxygens (including phenoxy) is 1. The summed E-state index contributed by atoms with van der Waals surface area (Å²) < 4.78 is 5.54. The molecule has 3 rings (SSSR count). The molecule has 2 nitrogen and oxygen atoms in total. The van der Waals surface area contributed by atoms with Crippen LogP contribution in [0.15, 0.2) is 12.2 Å². The van der Waals surface area contributed by atoms with E-state index in [1.807, 2.05) is 7.11 Å². The van der Waals surface area contributed by atoms with Crippen LogP contribution in [-0.4, -0.2) is 25.3 Å². The minimum Gasteiger partial charge on any atom is -0.381 e. The summed E-state index contributed by atoms with van der Waals surface area (Å²) >= 11 is 0. The third kappa shape index (κ3) is 1.85. The zero-order valence-electron chi connectivity index (χ0n) is 12.1. The maximum Gasteiger partial charge on any atom is 0.0652 e. The van der Waals surface area contributed by atoms with Crippen LogP contribution in [0.5, 0.6) is 0 Å². The lowest BCUT2D eigenvalue weighted by Gasteiger charge is -2.53. The molecule has 3 aliphatic carbocycles. The van der Waals surface area contributed by atoms with Crippen LogP contribution in [0.1, 0.15) is 40.0 Å². The van der Waals surface area contributed by atoms with Gasteiger partial charge in [-0.2, -0.15) is 0 Å². The third-order valence-electron chi connectivity index (χ3n) is 5.90. The Balaban J connectivity index is 1.56. The molecule has 6 unspecified atom stereocenters. The van der Waals surface area contributed by atoms with Crippen LogP contribution in [0.4, 0.5) is 0 Å². The second kappa shape index (κ2) is 4.35. The maximum atomic E-state index is 5.54. The lowest BCUT2D eigenvalue weighted by atomic mass is 9.64. The molecule has 2 fully saturated rings. The van der Waals surface area contributed by atoms with Crippen molar-refractivity contribution in [3.63, 3.8) is 0 Å². The molecule has 2 saturated carbocycles. The smallest absolute Gasteiger partial charge is 0.0652 e. The fourth-order valence-electron chi connectivity index (χ4n) is 4.41. The highest BCUT2D eigenvalue weighted by Crippen LogP contribution is 2.47. The fourth-order valence-corrected chi connectivity index (χ4v) is 4.41. The summed E-state index contributed by atoms with van der Waals surface area (Å²) in [6.45, 7) is 7.04. The number of methoxy groups -OCH3 is 1. The van der Waals surface area contributed by atoms with Gasteiger partial charge < -0.3 is 10.1 Å². The lowest BCUT2D eigenvalue weighted by molar-refractivity contribution is -0.101. The van der Waals surface area contributed by atoms with Crippen molar-refractivity contribution in [2.75, 3.05) is 7.11 Å². The van der Waals surface area contributed by atoms with E-state index in [4.69, 9.17) is 4.74 Å². The highest BCUT2D eigenvalue weighted by molar-refractivity contribution is 5.12. The van der Waals surface area contributed by atoms with Crippen molar-refractivity contribution >= 4 is 0 Å². The normalized spacial score (nSPS) is 46.1. The predicted octanol–water partition coefficient (Wildman–Crippen LogP) is 2.99. The largest absolute Gasteiger partial charge is 0.381 e. The molecule has 0 aromatic heterocycles. The molecule has 3 aliphatic rings. The summed E-state index contributed by atoms with van der Waals surface area (Å²) in [5, 5.41) is 3.88. The van der Waals surface area contributed by atoms with E-state index in [-0.39, 0.29) is 5.41 Å². The lowest BCUT2D eigenvalue weighted by Crippen LogP contribution is -2.63. The summed E-state index contributed by atoms with van der Waals surface area (Å²) in [6.07, 6.45) is 9.30. The van der Waals surface area contributed by atoms with Crippen molar-refractivity contribution in [1.82, 2.24) is 5.32 Å². The topological polar surface area (TPSA) is 21.3 Å². The van der Waals surface area contributed by atoms with Gasteiger partial charge in [-0.1, -0.05) is 26.0 Å². The number of hydrogen-bond acceptors (Lipinski definition) is 2. The Kier molecular flexibility index (Phi) is 3.06. The highest BCUT2D eigenvalue weighted by Gasteiger charge is 2.50. The quantitative estimate of drug-likeness (QED) is 0.773. The molecule has 0 aromatic carbocycles.